The number of ether oxygens (including phenoxy) is 1. The Morgan fingerprint density at radius 2 is 1.93 bits per heavy atom. The molecule has 1 fully saturated rings. The molecule has 0 N–H and O–H groups in total. The lowest BCUT2D eigenvalue weighted by molar-refractivity contribution is -0.117. The third kappa shape index (κ3) is 3.26. The largest absolute Gasteiger partial charge is 0.497 e. The molecule has 1 unspecified atom stereocenters. The summed E-state index contributed by atoms with van der Waals surface area (Å²) in [5.74, 6) is 1.73. The third-order valence-electron chi connectivity index (χ3n) is 5.25. The molecular formula is C22H23N3O3. The van der Waals surface area contributed by atoms with Crippen LogP contribution in [0.15, 0.2) is 40.9 Å². The summed E-state index contributed by atoms with van der Waals surface area (Å²) >= 11 is 0. The lowest BCUT2D eigenvalue weighted by Crippen LogP contribution is -2.25. The first-order valence-electron chi connectivity index (χ1n) is 9.32. The number of hydrogen-bond donors (Lipinski definition) is 0. The molecule has 144 valence electrons. The average molecular weight is 377 g/mol. The van der Waals surface area contributed by atoms with Gasteiger partial charge in [0.05, 0.1) is 18.7 Å². The number of benzene rings is 2. The van der Waals surface area contributed by atoms with Gasteiger partial charge in [-0.3, -0.25) is 4.79 Å². The number of rotatable bonds is 4. The number of amides is 1. The van der Waals surface area contributed by atoms with Crippen molar-refractivity contribution >= 4 is 11.6 Å². The topological polar surface area (TPSA) is 68.5 Å². The Morgan fingerprint density at radius 1 is 1.11 bits per heavy atom. The van der Waals surface area contributed by atoms with Crippen LogP contribution in [0.5, 0.6) is 5.75 Å². The van der Waals surface area contributed by atoms with Crippen molar-refractivity contribution in [2.45, 2.75) is 33.1 Å². The van der Waals surface area contributed by atoms with Crippen molar-refractivity contribution in [2.75, 3.05) is 18.6 Å². The summed E-state index contributed by atoms with van der Waals surface area (Å²) in [6.45, 7) is 6.59. The van der Waals surface area contributed by atoms with Crippen molar-refractivity contribution in [2.24, 2.45) is 0 Å². The summed E-state index contributed by atoms with van der Waals surface area (Å²) in [4.78, 5) is 19.0. The van der Waals surface area contributed by atoms with Crippen LogP contribution in [0.3, 0.4) is 0 Å². The van der Waals surface area contributed by atoms with Gasteiger partial charge >= 0.3 is 0 Å². The van der Waals surface area contributed by atoms with Crippen LogP contribution in [0.25, 0.3) is 11.4 Å². The molecule has 2 heterocycles. The van der Waals surface area contributed by atoms with Gasteiger partial charge in [-0.25, -0.2) is 0 Å². The Bertz CT molecular complexity index is 1040. The molecule has 4 rings (SSSR count). The van der Waals surface area contributed by atoms with Crippen molar-refractivity contribution in [3.63, 3.8) is 0 Å². The number of carbonyl (C=O) groups excluding carboxylic acids is 1. The second-order valence-corrected chi connectivity index (χ2v) is 7.33. The van der Waals surface area contributed by atoms with E-state index in [2.05, 4.69) is 23.1 Å². The van der Waals surface area contributed by atoms with Crippen LogP contribution in [0.1, 0.15) is 34.9 Å². The molecule has 0 bridgehead atoms. The Labute approximate surface area is 164 Å². The second-order valence-electron chi connectivity index (χ2n) is 7.33. The first-order chi connectivity index (χ1) is 13.5. The van der Waals surface area contributed by atoms with Crippen LogP contribution < -0.4 is 9.64 Å². The maximum atomic E-state index is 12.7. The fraction of sp³-hybridized carbons (Fsp3) is 0.318. The van der Waals surface area contributed by atoms with Gasteiger partial charge in [0.1, 0.15) is 5.75 Å². The van der Waals surface area contributed by atoms with Crippen LogP contribution in [-0.2, 0) is 4.79 Å². The Kier molecular flexibility index (Phi) is 4.63. The quantitative estimate of drug-likeness (QED) is 0.682. The first kappa shape index (κ1) is 18.2. The highest BCUT2D eigenvalue weighted by molar-refractivity contribution is 5.97. The summed E-state index contributed by atoms with van der Waals surface area (Å²) < 4.78 is 10.8. The molecule has 1 atom stereocenters. The molecule has 28 heavy (non-hydrogen) atoms. The zero-order valence-electron chi connectivity index (χ0n) is 16.5. The lowest BCUT2D eigenvalue weighted by atomic mass is 10.1. The normalized spacial score (nSPS) is 16.6. The monoisotopic (exact) mass is 377 g/mol. The van der Waals surface area contributed by atoms with Gasteiger partial charge < -0.3 is 14.2 Å². The minimum atomic E-state index is -0.120. The molecule has 1 aliphatic heterocycles. The van der Waals surface area contributed by atoms with Crippen molar-refractivity contribution in [3.05, 3.63) is 59.0 Å². The molecule has 0 radical (unpaired) electrons. The van der Waals surface area contributed by atoms with Crippen molar-refractivity contribution in [1.29, 1.82) is 0 Å². The molecule has 6 nitrogen and oxygen atoms in total. The third-order valence-corrected chi connectivity index (χ3v) is 5.25. The van der Waals surface area contributed by atoms with Gasteiger partial charge in [0.25, 0.3) is 0 Å². The summed E-state index contributed by atoms with van der Waals surface area (Å²) in [7, 11) is 1.62. The molecule has 0 spiro atoms. The smallest absolute Gasteiger partial charge is 0.232 e. The van der Waals surface area contributed by atoms with Gasteiger partial charge in [0.15, 0.2) is 0 Å². The van der Waals surface area contributed by atoms with Gasteiger partial charge in [-0.05, 0) is 38.0 Å². The number of hydrogen-bond acceptors (Lipinski definition) is 5. The van der Waals surface area contributed by atoms with Gasteiger partial charge in [-0.15, -0.1) is 0 Å². The standard InChI is InChI=1S/C22H23N3O3/c1-13-5-8-18(15(3)9-13)21-23-22(28-24-21)16-10-20(26)25(12-16)19-11-17(27-4)7-6-14(19)2/h5-9,11,16H,10,12H2,1-4H3. The van der Waals surface area contributed by atoms with E-state index in [1.807, 2.05) is 44.2 Å². The van der Waals surface area contributed by atoms with Gasteiger partial charge in [-0.1, -0.05) is 35.0 Å². The van der Waals surface area contributed by atoms with E-state index in [9.17, 15) is 4.79 Å². The number of aryl methyl sites for hydroxylation is 3. The average Bonchev–Trinajstić information content (AvgIpc) is 3.29. The highest BCUT2D eigenvalue weighted by Gasteiger charge is 2.36. The highest BCUT2D eigenvalue weighted by atomic mass is 16.5. The summed E-state index contributed by atoms with van der Waals surface area (Å²) in [6, 6.07) is 11.9. The van der Waals surface area contributed by atoms with Crippen LogP contribution in [0.4, 0.5) is 5.69 Å². The summed E-state index contributed by atoms with van der Waals surface area (Å²) in [6.07, 6.45) is 0.352. The van der Waals surface area contributed by atoms with Crippen LogP contribution in [-0.4, -0.2) is 29.7 Å². The van der Waals surface area contributed by atoms with E-state index in [1.54, 1.807) is 12.0 Å². The van der Waals surface area contributed by atoms with E-state index in [4.69, 9.17) is 9.26 Å². The molecular weight excluding hydrogens is 354 g/mol. The number of nitrogens with zero attached hydrogens (tertiary/aromatic N) is 3. The highest BCUT2D eigenvalue weighted by Crippen LogP contribution is 2.35. The summed E-state index contributed by atoms with van der Waals surface area (Å²) in [5.41, 5.74) is 5.13. The van der Waals surface area contributed by atoms with Gasteiger partial charge in [-0.2, -0.15) is 4.98 Å². The number of methoxy groups -OCH3 is 1. The lowest BCUT2D eigenvalue weighted by Gasteiger charge is -2.19. The SMILES string of the molecule is COc1ccc(C)c(N2CC(c3nc(-c4ccc(C)cc4C)no3)CC2=O)c1. The van der Waals surface area contributed by atoms with E-state index in [0.29, 0.717) is 24.7 Å². The number of aromatic nitrogens is 2. The predicted molar refractivity (Wildman–Crippen MR) is 107 cm³/mol. The minimum Gasteiger partial charge on any atom is -0.497 e. The van der Waals surface area contributed by atoms with Crippen LogP contribution in [0.2, 0.25) is 0 Å². The maximum Gasteiger partial charge on any atom is 0.232 e. The Balaban J connectivity index is 1.59. The molecule has 0 aliphatic carbocycles. The van der Waals surface area contributed by atoms with E-state index in [1.165, 1.54) is 5.56 Å². The molecule has 1 aliphatic rings. The van der Waals surface area contributed by atoms with Gasteiger partial charge in [0, 0.05) is 24.6 Å². The van der Waals surface area contributed by atoms with Crippen LogP contribution >= 0.6 is 0 Å². The molecule has 6 heteroatoms. The zero-order valence-corrected chi connectivity index (χ0v) is 16.5. The molecule has 0 saturated carbocycles. The first-order valence-corrected chi connectivity index (χ1v) is 9.32. The molecule has 1 amide bonds. The van der Waals surface area contributed by atoms with E-state index in [-0.39, 0.29) is 11.8 Å². The molecule has 1 aromatic heterocycles. The molecule has 1 saturated heterocycles. The van der Waals surface area contributed by atoms with Crippen LogP contribution in [0, 0.1) is 20.8 Å². The second kappa shape index (κ2) is 7.11. The van der Waals surface area contributed by atoms with E-state index >= 15 is 0 Å². The maximum absolute atomic E-state index is 12.7. The Hall–Kier alpha value is -3.15. The van der Waals surface area contributed by atoms with Gasteiger partial charge in [0.2, 0.25) is 17.6 Å². The minimum absolute atomic E-state index is 0.0487. The van der Waals surface area contributed by atoms with Crippen molar-refractivity contribution in [1.82, 2.24) is 10.1 Å². The zero-order chi connectivity index (χ0) is 19.8. The molecule has 2 aromatic carbocycles. The van der Waals surface area contributed by atoms with E-state index in [0.717, 1.165) is 28.1 Å². The predicted octanol–water partition coefficient (Wildman–Crippen LogP) is 4.19. The van der Waals surface area contributed by atoms with Crippen molar-refractivity contribution in [3.8, 4) is 17.1 Å². The summed E-state index contributed by atoms with van der Waals surface area (Å²) in [5, 5.41) is 4.15. The molecule has 3 aromatic rings. The fourth-order valence-corrected chi connectivity index (χ4v) is 3.69. The number of carbonyl (C=O) groups is 1. The van der Waals surface area contributed by atoms with Crippen molar-refractivity contribution < 1.29 is 14.1 Å². The number of anilines is 1. The van der Waals surface area contributed by atoms with E-state index < -0.39 is 0 Å². The fourth-order valence-electron chi connectivity index (χ4n) is 3.69. The Morgan fingerprint density at radius 3 is 2.68 bits per heavy atom.